The van der Waals surface area contributed by atoms with Gasteiger partial charge in [-0.1, -0.05) is 0 Å². The average Bonchev–Trinajstić information content (AvgIpc) is 3.51. The van der Waals surface area contributed by atoms with Gasteiger partial charge in [0.2, 0.25) is 5.95 Å². The van der Waals surface area contributed by atoms with Gasteiger partial charge in [0, 0.05) is 68.2 Å². The summed E-state index contributed by atoms with van der Waals surface area (Å²) in [6.45, 7) is 0.870. The summed E-state index contributed by atoms with van der Waals surface area (Å²) >= 11 is 0. The summed E-state index contributed by atoms with van der Waals surface area (Å²) in [7, 11) is 3.88. The van der Waals surface area contributed by atoms with Crippen LogP contribution in [0, 0.1) is 11.3 Å². The lowest BCUT2D eigenvalue weighted by molar-refractivity contribution is 0.352. The number of aryl methyl sites for hydroxylation is 1. The van der Waals surface area contributed by atoms with Crippen LogP contribution in [-0.4, -0.2) is 45.1 Å². The highest BCUT2D eigenvalue weighted by Gasteiger charge is 2.24. The van der Waals surface area contributed by atoms with Crippen LogP contribution in [0.3, 0.4) is 0 Å². The molecular weight excluding hydrogens is 388 g/mol. The standard InChI is InChI=1S/C23H34N8/c1-25-22(11-16-3-4-16)20(12-24)21-9-10-26-23(30-21)29-19-7-5-18(6-8-19)27-13-17-14-28-31(2)15-17/h9-10,12,14-16,18-19,24-25,27H,3-8,11,13H2,1-2H3,(H,26,29,30)/b22-20+,24-12?. The Bertz CT molecular complexity index is 906. The minimum atomic E-state index is 0.384. The molecule has 2 saturated carbocycles. The first kappa shape index (κ1) is 21.5. The summed E-state index contributed by atoms with van der Waals surface area (Å²) in [5.74, 6) is 1.41. The predicted molar refractivity (Wildman–Crippen MR) is 124 cm³/mol. The molecular formula is C23H34N8. The van der Waals surface area contributed by atoms with Gasteiger partial charge in [0.05, 0.1) is 11.9 Å². The molecule has 2 heterocycles. The SMILES string of the molecule is CN/C(CC1CC1)=C(\C=N)c1ccnc(NC2CCC(NCc3cnn(C)c3)CC2)n1. The second-order valence-electron chi connectivity index (χ2n) is 8.80. The molecule has 0 atom stereocenters. The van der Waals surface area contributed by atoms with Crippen LogP contribution in [0.1, 0.15) is 56.2 Å². The summed E-state index contributed by atoms with van der Waals surface area (Å²) < 4.78 is 1.84. The molecule has 8 heteroatoms. The number of allylic oxidation sites excluding steroid dienone is 2. The molecule has 0 unspecified atom stereocenters. The predicted octanol–water partition coefficient (Wildman–Crippen LogP) is 3.10. The van der Waals surface area contributed by atoms with Crippen molar-refractivity contribution in [3.8, 4) is 0 Å². The van der Waals surface area contributed by atoms with Crippen LogP contribution in [0.5, 0.6) is 0 Å². The number of aromatic nitrogens is 4. The zero-order valence-corrected chi connectivity index (χ0v) is 18.6. The number of nitrogens with one attached hydrogen (secondary N) is 4. The average molecular weight is 423 g/mol. The molecule has 2 aromatic rings. The van der Waals surface area contributed by atoms with Crippen LogP contribution in [0.4, 0.5) is 5.95 Å². The van der Waals surface area contributed by atoms with Crippen LogP contribution in [0.2, 0.25) is 0 Å². The summed E-state index contributed by atoms with van der Waals surface area (Å²) in [5.41, 5.74) is 4.00. The van der Waals surface area contributed by atoms with E-state index in [1.165, 1.54) is 24.6 Å². The first-order valence-electron chi connectivity index (χ1n) is 11.4. The van der Waals surface area contributed by atoms with Crippen LogP contribution in [0.15, 0.2) is 30.4 Å². The maximum absolute atomic E-state index is 7.93. The molecule has 0 saturated heterocycles. The van der Waals surface area contributed by atoms with Gasteiger partial charge >= 0.3 is 0 Å². The zero-order valence-electron chi connectivity index (χ0n) is 18.6. The molecule has 31 heavy (non-hydrogen) atoms. The lowest BCUT2D eigenvalue weighted by Gasteiger charge is -2.29. The van der Waals surface area contributed by atoms with E-state index in [0.717, 1.165) is 61.5 Å². The Hall–Kier alpha value is -2.74. The van der Waals surface area contributed by atoms with Gasteiger partial charge in [-0.2, -0.15) is 5.10 Å². The third-order valence-corrected chi connectivity index (χ3v) is 6.31. The molecule has 2 aliphatic rings. The molecule has 0 spiro atoms. The Morgan fingerprint density at radius 1 is 1.19 bits per heavy atom. The van der Waals surface area contributed by atoms with Crippen molar-refractivity contribution in [1.29, 1.82) is 5.41 Å². The van der Waals surface area contributed by atoms with E-state index in [1.807, 2.05) is 31.0 Å². The molecule has 0 aliphatic heterocycles. The fourth-order valence-corrected chi connectivity index (χ4v) is 4.30. The van der Waals surface area contributed by atoms with E-state index in [9.17, 15) is 0 Å². The number of hydrogen-bond acceptors (Lipinski definition) is 7. The molecule has 8 nitrogen and oxygen atoms in total. The molecule has 2 aromatic heterocycles. The van der Waals surface area contributed by atoms with Gasteiger partial charge in [0.25, 0.3) is 0 Å². The topological polar surface area (TPSA) is 104 Å². The molecule has 2 fully saturated rings. The van der Waals surface area contributed by atoms with Crippen molar-refractivity contribution >= 4 is 17.7 Å². The second kappa shape index (κ2) is 10.0. The largest absolute Gasteiger partial charge is 0.391 e. The molecule has 0 aromatic carbocycles. The normalized spacial score (nSPS) is 22.0. The number of nitrogens with zero attached hydrogens (tertiary/aromatic N) is 4. The van der Waals surface area contributed by atoms with E-state index in [1.54, 1.807) is 6.20 Å². The van der Waals surface area contributed by atoms with Crippen LogP contribution >= 0.6 is 0 Å². The Balaban J connectivity index is 1.32. The molecule has 0 amide bonds. The summed E-state index contributed by atoms with van der Waals surface area (Å²) in [6.07, 6.45) is 15.2. The summed E-state index contributed by atoms with van der Waals surface area (Å²) in [4.78, 5) is 9.18. The van der Waals surface area contributed by atoms with Crippen molar-refractivity contribution in [1.82, 2.24) is 30.4 Å². The molecule has 4 N–H and O–H groups in total. The summed E-state index contributed by atoms with van der Waals surface area (Å²) in [5, 5.41) is 22.6. The second-order valence-corrected chi connectivity index (χ2v) is 8.80. The number of hydrogen-bond donors (Lipinski definition) is 4. The maximum atomic E-state index is 7.93. The lowest BCUT2D eigenvalue weighted by atomic mass is 9.91. The van der Waals surface area contributed by atoms with E-state index in [0.29, 0.717) is 18.0 Å². The van der Waals surface area contributed by atoms with E-state index in [4.69, 9.17) is 10.4 Å². The maximum Gasteiger partial charge on any atom is 0.223 e. The Morgan fingerprint density at radius 3 is 2.61 bits per heavy atom. The first-order chi connectivity index (χ1) is 15.1. The van der Waals surface area contributed by atoms with Crippen molar-refractivity contribution in [3.63, 3.8) is 0 Å². The molecule has 4 rings (SSSR count). The minimum absolute atomic E-state index is 0.384. The fraction of sp³-hybridized carbons (Fsp3) is 0.565. The molecule has 166 valence electrons. The van der Waals surface area contributed by atoms with Crippen molar-refractivity contribution < 1.29 is 0 Å². The Kier molecular flexibility index (Phi) is 6.96. The van der Waals surface area contributed by atoms with Crippen molar-refractivity contribution in [2.45, 2.75) is 63.6 Å². The van der Waals surface area contributed by atoms with E-state index in [-0.39, 0.29) is 0 Å². The third-order valence-electron chi connectivity index (χ3n) is 6.31. The highest BCUT2D eigenvalue weighted by Crippen LogP contribution is 2.36. The lowest BCUT2D eigenvalue weighted by Crippen LogP contribution is -2.36. The number of anilines is 1. The summed E-state index contributed by atoms with van der Waals surface area (Å²) in [6, 6.07) is 2.82. The quantitative estimate of drug-likeness (QED) is 0.439. The van der Waals surface area contributed by atoms with E-state index in [2.05, 4.69) is 32.2 Å². The van der Waals surface area contributed by atoms with Crippen LogP contribution in [-0.2, 0) is 13.6 Å². The fourth-order valence-electron chi connectivity index (χ4n) is 4.30. The first-order valence-corrected chi connectivity index (χ1v) is 11.4. The molecule has 2 aliphatic carbocycles. The van der Waals surface area contributed by atoms with Crippen molar-refractivity contribution in [2.75, 3.05) is 12.4 Å². The highest BCUT2D eigenvalue weighted by molar-refractivity contribution is 6.08. The van der Waals surface area contributed by atoms with Crippen molar-refractivity contribution in [3.05, 3.63) is 41.6 Å². The van der Waals surface area contributed by atoms with Gasteiger partial charge in [0.15, 0.2) is 0 Å². The van der Waals surface area contributed by atoms with Gasteiger partial charge in [-0.15, -0.1) is 0 Å². The zero-order chi connectivity index (χ0) is 21.6. The third kappa shape index (κ3) is 5.91. The Labute approximate surface area is 184 Å². The van der Waals surface area contributed by atoms with Gasteiger partial charge in [-0.3, -0.25) is 4.68 Å². The van der Waals surface area contributed by atoms with E-state index >= 15 is 0 Å². The van der Waals surface area contributed by atoms with Gasteiger partial charge in [-0.25, -0.2) is 9.97 Å². The smallest absolute Gasteiger partial charge is 0.223 e. The number of rotatable bonds is 10. The Morgan fingerprint density at radius 2 is 1.97 bits per heavy atom. The van der Waals surface area contributed by atoms with Gasteiger partial charge < -0.3 is 21.4 Å². The van der Waals surface area contributed by atoms with Crippen molar-refractivity contribution in [2.24, 2.45) is 13.0 Å². The molecule has 0 radical (unpaired) electrons. The minimum Gasteiger partial charge on any atom is -0.391 e. The van der Waals surface area contributed by atoms with Crippen LogP contribution in [0.25, 0.3) is 5.57 Å². The van der Waals surface area contributed by atoms with Crippen LogP contribution < -0.4 is 16.0 Å². The van der Waals surface area contributed by atoms with E-state index < -0.39 is 0 Å². The molecule has 0 bridgehead atoms. The monoisotopic (exact) mass is 422 g/mol. The van der Waals surface area contributed by atoms with Gasteiger partial charge in [-0.05, 0) is 56.9 Å². The highest BCUT2D eigenvalue weighted by atomic mass is 15.2. The van der Waals surface area contributed by atoms with Gasteiger partial charge in [0.1, 0.15) is 0 Å².